The molecule has 0 fully saturated rings. The average molecular weight is 447 g/mol. The Morgan fingerprint density at radius 2 is 1.76 bits per heavy atom. The zero-order valence-electron chi connectivity index (χ0n) is 19.4. The van der Waals surface area contributed by atoms with Gasteiger partial charge in [-0.25, -0.2) is 0 Å². The van der Waals surface area contributed by atoms with E-state index in [9.17, 15) is 9.36 Å². The quantitative estimate of drug-likeness (QED) is 0.169. The lowest BCUT2D eigenvalue weighted by atomic mass is 10.1. The molecule has 0 unspecified atom stereocenters. The van der Waals surface area contributed by atoms with E-state index in [0.29, 0.717) is 32.5 Å². The van der Waals surface area contributed by atoms with Crippen LogP contribution in [0.25, 0.3) is 0 Å². The average Bonchev–Trinajstić information content (AvgIpc) is 2.60. The summed E-state index contributed by atoms with van der Waals surface area (Å²) in [5.41, 5.74) is 0. The van der Waals surface area contributed by atoms with Crippen LogP contribution in [-0.4, -0.2) is 46.9 Å². The molecular formula is C21H39O6PSi. The summed E-state index contributed by atoms with van der Waals surface area (Å²) in [4.78, 5) is 11.4. The van der Waals surface area contributed by atoms with Crippen LogP contribution >= 0.6 is 7.60 Å². The first kappa shape index (κ1) is 28.1. The van der Waals surface area contributed by atoms with Gasteiger partial charge in [0.2, 0.25) is 0 Å². The van der Waals surface area contributed by atoms with E-state index in [1.54, 1.807) is 26.0 Å². The topological polar surface area (TPSA) is 71.1 Å². The van der Waals surface area contributed by atoms with Crippen molar-refractivity contribution in [1.82, 2.24) is 0 Å². The second-order valence-electron chi connectivity index (χ2n) is 8.16. The van der Waals surface area contributed by atoms with Gasteiger partial charge in [-0.15, -0.1) is 0 Å². The molecule has 0 bridgehead atoms. The number of allylic oxidation sites excluding steroid dienone is 2. The van der Waals surface area contributed by atoms with Crippen molar-refractivity contribution < 1.29 is 27.6 Å². The molecular weight excluding hydrogens is 407 g/mol. The third-order valence-corrected chi connectivity index (χ3v) is 11.2. The minimum atomic E-state index is -3.10. The largest absolute Gasteiger partial charge is 0.469 e. The van der Waals surface area contributed by atoms with Crippen LogP contribution in [-0.2, 0) is 27.6 Å². The highest BCUT2D eigenvalue weighted by Gasteiger charge is 2.38. The molecule has 0 saturated carbocycles. The van der Waals surface area contributed by atoms with Gasteiger partial charge in [-0.1, -0.05) is 38.7 Å². The molecule has 6 nitrogen and oxygen atoms in total. The van der Waals surface area contributed by atoms with Crippen LogP contribution in [0.15, 0.2) is 12.2 Å². The maximum absolute atomic E-state index is 12.4. The first-order valence-electron chi connectivity index (χ1n) is 10.2. The van der Waals surface area contributed by atoms with Crippen molar-refractivity contribution in [3.63, 3.8) is 0 Å². The summed E-state index contributed by atoms with van der Waals surface area (Å²) >= 11 is 0. The van der Waals surface area contributed by atoms with Gasteiger partial charge in [0.1, 0.15) is 6.10 Å². The summed E-state index contributed by atoms with van der Waals surface area (Å²) < 4.78 is 34.1. The second-order valence-corrected chi connectivity index (χ2v) is 15.0. The minimum absolute atomic E-state index is 0.0622. The first-order valence-corrected chi connectivity index (χ1v) is 14.8. The number of rotatable bonds is 12. The van der Waals surface area contributed by atoms with E-state index in [2.05, 4.69) is 45.7 Å². The highest BCUT2D eigenvalue weighted by molar-refractivity contribution is 7.54. The third kappa shape index (κ3) is 11.8. The van der Waals surface area contributed by atoms with Gasteiger partial charge >= 0.3 is 13.6 Å². The molecule has 0 rings (SSSR count). The standard InChI is InChI=1S/C21H39O6PSi/c1-9-25-28(23,26-10-2)18-13-11-12-15-19(16-14-17-20(22)24-6)27-29(7,8)21(3,4)5/h11,13,19H,9-10,14,16-18H2,1-8H3/b13-11+/t19-/m0/s1. The molecule has 0 spiro atoms. The van der Waals surface area contributed by atoms with Crippen LogP contribution in [0, 0.1) is 11.8 Å². The molecule has 168 valence electrons. The highest BCUT2D eigenvalue weighted by Crippen LogP contribution is 2.47. The van der Waals surface area contributed by atoms with E-state index >= 15 is 0 Å². The lowest BCUT2D eigenvalue weighted by molar-refractivity contribution is -0.140. The maximum atomic E-state index is 12.4. The Labute approximate surface area is 178 Å². The number of ether oxygens (including phenoxy) is 1. The summed E-state index contributed by atoms with van der Waals surface area (Å²) in [5, 5.41) is 0.0622. The van der Waals surface area contributed by atoms with Crippen molar-refractivity contribution >= 4 is 21.9 Å². The molecule has 0 aliphatic rings. The summed E-state index contributed by atoms with van der Waals surface area (Å²) in [5.74, 6) is 5.90. The van der Waals surface area contributed by atoms with E-state index in [-0.39, 0.29) is 23.3 Å². The van der Waals surface area contributed by atoms with Crippen LogP contribution in [0.3, 0.4) is 0 Å². The number of carbonyl (C=O) groups excluding carboxylic acids is 1. The number of methoxy groups -OCH3 is 1. The van der Waals surface area contributed by atoms with Gasteiger partial charge in [-0.3, -0.25) is 9.36 Å². The van der Waals surface area contributed by atoms with E-state index < -0.39 is 15.9 Å². The molecule has 0 radical (unpaired) electrons. The molecule has 1 atom stereocenters. The van der Waals surface area contributed by atoms with Crippen LogP contribution in [0.4, 0.5) is 0 Å². The molecule has 0 amide bonds. The van der Waals surface area contributed by atoms with Crippen molar-refractivity contribution in [3.05, 3.63) is 12.2 Å². The van der Waals surface area contributed by atoms with Crippen LogP contribution in [0.1, 0.15) is 53.9 Å². The van der Waals surface area contributed by atoms with Crippen molar-refractivity contribution in [3.8, 4) is 11.8 Å². The number of esters is 1. The Balaban J connectivity index is 5.11. The fraction of sp³-hybridized carbons (Fsp3) is 0.762. The van der Waals surface area contributed by atoms with Gasteiger partial charge in [0.15, 0.2) is 8.32 Å². The fourth-order valence-corrected chi connectivity index (χ4v) is 4.82. The van der Waals surface area contributed by atoms with E-state index in [0.717, 1.165) is 0 Å². The normalized spacial score (nSPS) is 13.8. The Kier molecular flexibility index (Phi) is 13.0. The lowest BCUT2D eigenvalue weighted by Crippen LogP contribution is -2.43. The number of hydrogen-bond acceptors (Lipinski definition) is 6. The summed E-state index contributed by atoms with van der Waals surface area (Å²) in [6.07, 6.45) is 4.92. The monoisotopic (exact) mass is 446 g/mol. The van der Waals surface area contributed by atoms with E-state index in [4.69, 9.17) is 18.2 Å². The molecule has 29 heavy (non-hydrogen) atoms. The predicted molar refractivity (Wildman–Crippen MR) is 121 cm³/mol. The van der Waals surface area contributed by atoms with Crippen molar-refractivity contribution in [2.24, 2.45) is 0 Å². The van der Waals surface area contributed by atoms with Gasteiger partial charge in [-0.2, -0.15) is 0 Å². The maximum Gasteiger partial charge on any atom is 0.334 e. The summed E-state index contributed by atoms with van der Waals surface area (Å²) in [7, 11) is -3.71. The lowest BCUT2D eigenvalue weighted by Gasteiger charge is -2.38. The fourth-order valence-electron chi connectivity index (χ4n) is 2.14. The zero-order valence-corrected chi connectivity index (χ0v) is 21.3. The molecule has 0 N–H and O–H groups in total. The molecule has 8 heteroatoms. The van der Waals surface area contributed by atoms with Crippen molar-refractivity contribution in [2.75, 3.05) is 26.5 Å². The molecule has 0 aliphatic heterocycles. The third-order valence-electron chi connectivity index (χ3n) is 4.74. The van der Waals surface area contributed by atoms with E-state index in [1.165, 1.54) is 7.11 Å². The highest BCUT2D eigenvalue weighted by atomic mass is 31.2. The summed E-state index contributed by atoms with van der Waals surface area (Å²) in [6, 6.07) is 0. The molecule has 0 saturated heterocycles. The van der Waals surface area contributed by atoms with Crippen molar-refractivity contribution in [2.45, 2.75) is 78.1 Å². The Bertz CT molecular complexity index is 617. The Morgan fingerprint density at radius 1 is 1.17 bits per heavy atom. The zero-order chi connectivity index (χ0) is 22.6. The number of carbonyl (C=O) groups is 1. The molecule has 0 aromatic carbocycles. The van der Waals surface area contributed by atoms with Gasteiger partial charge in [0.25, 0.3) is 0 Å². The molecule has 0 aromatic heterocycles. The van der Waals surface area contributed by atoms with Gasteiger partial charge in [0, 0.05) is 6.42 Å². The van der Waals surface area contributed by atoms with Crippen LogP contribution in [0.2, 0.25) is 18.1 Å². The molecule has 0 heterocycles. The predicted octanol–water partition coefficient (Wildman–Crippen LogP) is 5.55. The van der Waals surface area contributed by atoms with Gasteiger partial charge < -0.3 is 18.2 Å². The van der Waals surface area contributed by atoms with Gasteiger partial charge in [0.05, 0.1) is 26.5 Å². The second kappa shape index (κ2) is 13.4. The van der Waals surface area contributed by atoms with Gasteiger partial charge in [-0.05, 0) is 50.9 Å². The minimum Gasteiger partial charge on any atom is -0.469 e. The molecule has 0 aromatic rings. The first-order chi connectivity index (χ1) is 13.4. The number of hydrogen-bond donors (Lipinski definition) is 0. The smallest absolute Gasteiger partial charge is 0.334 e. The van der Waals surface area contributed by atoms with Crippen LogP contribution < -0.4 is 0 Å². The molecule has 0 aliphatic carbocycles. The van der Waals surface area contributed by atoms with E-state index in [1.807, 2.05) is 0 Å². The van der Waals surface area contributed by atoms with Crippen molar-refractivity contribution in [1.29, 1.82) is 0 Å². The van der Waals surface area contributed by atoms with Crippen LogP contribution in [0.5, 0.6) is 0 Å². The Hall–Kier alpha value is -0.903. The Morgan fingerprint density at radius 3 is 2.24 bits per heavy atom. The summed E-state index contributed by atoms with van der Waals surface area (Å²) in [6.45, 7) is 15.1. The SMILES string of the molecule is CCOP(=O)(C/C=C/C#C[C@@H](CCCC(=O)OC)O[Si](C)(C)C(C)(C)C)OCC.